The molecule has 0 fully saturated rings. The highest BCUT2D eigenvalue weighted by atomic mass is 79.9. The van der Waals surface area contributed by atoms with E-state index in [0.717, 1.165) is 4.68 Å². The van der Waals surface area contributed by atoms with Crippen molar-refractivity contribution in [2.45, 2.75) is 24.3 Å². The molecular weight excluding hydrogens is 328 g/mol. The second-order valence-electron chi connectivity index (χ2n) is 3.56. The van der Waals surface area contributed by atoms with Crippen LogP contribution in [-0.4, -0.2) is 50.0 Å². The Morgan fingerprint density at radius 3 is 2.33 bits per heavy atom. The van der Waals surface area contributed by atoms with Crippen LogP contribution in [0.5, 0.6) is 0 Å². The SMILES string of the molecule is COC(OC)C(C)NS(=O)(=O)c1c(Br)nnn1C. The van der Waals surface area contributed by atoms with Gasteiger partial charge in [-0.3, -0.25) is 0 Å². The molecule has 1 aromatic heterocycles. The summed E-state index contributed by atoms with van der Waals surface area (Å²) in [5.41, 5.74) is 0. The Morgan fingerprint density at radius 2 is 1.94 bits per heavy atom. The lowest BCUT2D eigenvalue weighted by Gasteiger charge is -2.21. The fraction of sp³-hybridized carbons (Fsp3) is 0.750. The summed E-state index contributed by atoms with van der Waals surface area (Å²) in [7, 11) is 0.588. The second-order valence-corrected chi connectivity index (χ2v) is 5.94. The minimum absolute atomic E-state index is 0.0553. The molecule has 0 aromatic carbocycles. The lowest BCUT2D eigenvalue weighted by atomic mass is 10.3. The highest BCUT2D eigenvalue weighted by Crippen LogP contribution is 2.18. The van der Waals surface area contributed by atoms with Gasteiger partial charge in [0.15, 0.2) is 10.9 Å². The Morgan fingerprint density at radius 1 is 1.39 bits per heavy atom. The first-order valence-electron chi connectivity index (χ1n) is 4.96. The zero-order chi connectivity index (χ0) is 13.9. The molecule has 8 nitrogen and oxygen atoms in total. The lowest BCUT2D eigenvalue weighted by Crippen LogP contribution is -2.43. The van der Waals surface area contributed by atoms with Gasteiger partial charge in [0.2, 0.25) is 5.03 Å². The largest absolute Gasteiger partial charge is 0.354 e. The highest BCUT2D eigenvalue weighted by Gasteiger charge is 2.28. The number of ether oxygens (including phenoxy) is 2. The third-order valence-corrected chi connectivity index (χ3v) is 4.65. The van der Waals surface area contributed by atoms with Crippen molar-refractivity contribution in [3.05, 3.63) is 4.60 Å². The van der Waals surface area contributed by atoms with Gasteiger partial charge in [-0.05, 0) is 22.9 Å². The zero-order valence-corrected chi connectivity index (χ0v) is 12.8. The average molecular weight is 343 g/mol. The molecule has 0 saturated carbocycles. The zero-order valence-electron chi connectivity index (χ0n) is 10.4. The molecule has 0 aliphatic rings. The van der Waals surface area contributed by atoms with Gasteiger partial charge in [-0.25, -0.2) is 17.8 Å². The van der Waals surface area contributed by atoms with Gasteiger partial charge in [0.05, 0.1) is 6.04 Å². The molecule has 1 N–H and O–H groups in total. The van der Waals surface area contributed by atoms with Crippen molar-refractivity contribution in [1.29, 1.82) is 0 Å². The van der Waals surface area contributed by atoms with Gasteiger partial charge < -0.3 is 9.47 Å². The number of nitrogens with one attached hydrogen (secondary N) is 1. The van der Waals surface area contributed by atoms with Crippen LogP contribution in [0.3, 0.4) is 0 Å². The number of nitrogens with zero attached hydrogens (tertiary/aromatic N) is 3. The quantitative estimate of drug-likeness (QED) is 0.723. The monoisotopic (exact) mass is 342 g/mol. The van der Waals surface area contributed by atoms with Gasteiger partial charge >= 0.3 is 0 Å². The molecule has 0 saturated heterocycles. The molecule has 1 aromatic rings. The fourth-order valence-electron chi connectivity index (χ4n) is 1.47. The molecule has 0 amide bonds. The molecule has 1 rings (SSSR count). The van der Waals surface area contributed by atoms with E-state index < -0.39 is 22.4 Å². The Balaban J connectivity index is 2.96. The van der Waals surface area contributed by atoms with E-state index in [4.69, 9.17) is 9.47 Å². The van der Waals surface area contributed by atoms with E-state index in [1.54, 1.807) is 6.92 Å². The molecule has 0 aliphatic heterocycles. The summed E-state index contributed by atoms with van der Waals surface area (Å²) in [5.74, 6) is 0. The van der Waals surface area contributed by atoms with Crippen molar-refractivity contribution in [3.63, 3.8) is 0 Å². The van der Waals surface area contributed by atoms with Gasteiger partial charge in [0.1, 0.15) is 0 Å². The molecule has 1 atom stereocenters. The first-order chi connectivity index (χ1) is 8.33. The molecule has 1 unspecified atom stereocenters. The van der Waals surface area contributed by atoms with Crippen LogP contribution < -0.4 is 4.72 Å². The van der Waals surface area contributed by atoms with E-state index in [0.29, 0.717) is 0 Å². The maximum absolute atomic E-state index is 12.1. The van der Waals surface area contributed by atoms with E-state index >= 15 is 0 Å². The number of halogens is 1. The summed E-state index contributed by atoms with van der Waals surface area (Å²) in [4.78, 5) is 0. The van der Waals surface area contributed by atoms with Crippen LogP contribution in [0, 0.1) is 0 Å². The number of hydrogen-bond acceptors (Lipinski definition) is 6. The van der Waals surface area contributed by atoms with Crippen molar-refractivity contribution >= 4 is 26.0 Å². The third-order valence-electron chi connectivity index (χ3n) is 2.21. The number of aryl methyl sites for hydroxylation is 1. The number of rotatable bonds is 6. The summed E-state index contributed by atoms with van der Waals surface area (Å²) in [6.45, 7) is 1.63. The van der Waals surface area contributed by atoms with E-state index in [-0.39, 0.29) is 9.63 Å². The first kappa shape index (κ1) is 15.5. The first-order valence-corrected chi connectivity index (χ1v) is 7.24. The molecule has 0 aliphatic carbocycles. The standard InChI is InChI=1S/C8H15BrN4O4S/c1-5(8(16-3)17-4)11-18(14,15)7-6(9)10-12-13(7)2/h5,8,11H,1-4H3. The van der Waals surface area contributed by atoms with Crippen molar-refractivity contribution < 1.29 is 17.9 Å². The van der Waals surface area contributed by atoms with Gasteiger partial charge in [-0.2, -0.15) is 0 Å². The van der Waals surface area contributed by atoms with Crippen LogP contribution in [0.2, 0.25) is 0 Å². The maximum atomic E-state index is 12.1. The van der Waals surface area contributed by atoms with Crippen molar-refractivity contribution in [3.8, 4) is 0 Å². The molecule has 0 radical (unpaired) electrons. The average Bonchev–Trinajstić information content (AvgIpc) is 2.59. The molecule has 1 heterocycles. The molecule has 0 spiro atoms. The number of hydrogen-bond donors (Lipinski definition) is 1. The third kappa shape index (κ3) is 3.26. The number of sulfonamides is 1. The Hall–Kier alpha value is -0.550. The minimum Gasteiger partial charge on any atom is -0.354 e. The molecular formula is C8H15BrN4O4S. The van der Waals surface area contributed by atoms with Crippen LogP contribution >= 0.6 is 15.9 Å². The van der Waals surface area contributed by atoms with Crippen LogP contribution in [0.4, 0.5) is 0 Å². The second kappa shape index (κ2) is 6.06. The van der Waals surface area contributed by atoms with Gasteiger partial charge in [-0.1, -0.05) is 5.21 Å². The van der Waals surface area contributed by atoms with Crippen LogP contribution in [0.1, 0.15) is 6.92 Å². The van der Waals surface area contributed by atoms with E-state index in [1.165, 1.54) is 21.3 Å². The summed E-state index contributed by atoms with van der Waals surface area (Å²) in [6, 6.07) is -0.563. The molecule has 18 heavy (non-hydrogen) atoms. The molecule has 0 bridgehead atoms. The van der Waals surface area contributed by atoms with E-state index in [1.807, 2.05) is 0 Å². The van der Waals surface area contributed by atoms with Crippen molar-refractivity contribution in [2.75, 3.05) is 14.2 Å². The summed E-state index contributed by atoms with van der Waals surface area (Å²) in [6.07, 6.45) is -0.681. The summed E-state index contributed by atoms with van der Waals surface area (Å²) < 4.78 is 38.0. The maximum Gasteiger partial charge on any atom is 0.260 e. The van der Waals surface area contributed by atoms with Gasteiger partial charge in [0.25, 0.3) is 10.0 Å². The van der Waals surface area contributed by atoms with Crippen molar-refractivity contribution in [1.82, 2.24) is 19.7 Å². The number of aromatic nitrogens is 3. The Labute approximate surface area is 114 Å². The molecule has 10 heteroatoms. The van der Waals surface area contributed by atoms with Crippen LogP contribution in [0.15, 0.2) is 9.63 Å². The fourth-order valence-corrected chi connectivity index (χ4v) is 3.79. The van der Waals surface area contributed by atoms with Crippen molar-refractivity contribution in [2.24, 2.45) is 7.05 Å². The number of methoxy groups -OCH3 is 2. The predicted molar refractivity (Wildman–Crippen MR) is 66.3 cm³/mol. The van der Waals surface area contributed by atoms with E-state index in [9.17, 15) is 8.42 Å². The smallest absolute Gasteiger partial charge is 0.260 e. The molecule has 104 valence electrons. The normalized spacial score (nSPS) is 14.1. The highest BCUT2D eigenvalue weighted by molar-refractivity contribution is 9.10. The van der Waals surface area contributed by atoms with Gasteiger partial charge in [-0.15, -0.1) is 5.10 Å². The minimum atomic E-state index is -3.76. The van der Waals surface area contributed by atoms with Crippen LogP contribution in [0.25, 0.3) is 0 Å². The topological polar surface area (TPSA) is 95.3 Å². The van der Waals surface area contributed by atoms with E-state index in [2.05, 4.69) is 31.0 Å². The summed E-state index contributed by atoms with van der Waals surface area (Å²) in [5, 5.41) is 7.18. The van der Waals surface area contributed by atoms with Crippen LogP contribution in [-0.2, 0) is 26.5 Å². The predicted octanol–water partition coefficient (Wildman–Crippen LogP) is -0.137. The van der Waals surface area contributed by atoms with Gasteiger partial charge in [0, 0.05) is 21.3 Å². The Kier molecular flexibility index (Phi) is 5.22. The Bertz CT molecular complexity index is 480. The lowest BCUT2D eigenvalue weighted by molar-refractivity contribution is -0.115. The summed E-state index contributed by atoms with van der Waals surface area (Å²) >= 11 is 3.04.